The minimum absolute atomic E-state index is 0. The standard InChI is InChI=1S/2Fe.3O/q2*+1;;;-2. The van der Waals surface area contributed by atoms with Crippen LogP contribution in [0.4, 0.5) is 0 Å². The Kier molecular flexibility index (Phi) is 582. The van der Waals surface area contributed by atoms with Crippen LogP contribution >= 0.6 is 0 Å². The van der Waals surface area contributed by atoms with E-state index in [1.165, 1.54) is 0 Å². The first-order chi connectivity index (χ1) is 2.00. The first-order valence-corrected chi connectivity index (χ1v) is 1.19. The fourth-order valence-corrected chi connectivity index (χ4v) is 0. The van der Waals surface area contributed by atoms with Gasteiger partial charge in [0, 0.05) is 0 Å². The van der Waals surface area contributed by atoms with E-state index in [-0.39, 0.29) is 5.48 Å². The van der Waals surface area contributed by atoms with Crippen molar-refractivity contribution in [2.45, 2.75) is 0 Å². The fourth-order valence-electron chi connectivity index (χ4n) is 0. The molecule has 0 aromatic rings. The van der Waals surface area contributed by atoms with E-state index < -0.39 is 0 Å². The second-order valence-corrected chi connectivity index (χ2v) is 0. The summed E-state index contributed by atoms with van der Waals surface area (Å²) >= 11 is 4.00. The Balaban J connectivity index is -0.0000000133. The predicted octanol–water partition coefficient (Wildman–Crippen LogP) is -0.361. The molecule has 0 unspecified atom stereocenters. The van der Waals surface area contributed by atoms with Crippen molar-refractivity contribution < 1.29 is 45.0 Å². The Bertz CT molecular complexity index is 6.85. The summed E-state index contributed by atoms with van der Waals surface area (Å²) in [4.78, 5) is 0. The minimum atomic E-state index is 0. The molecular weight excluding hydrogens is 160 g/mol. The topological polar surface area (TPSA) is 62.6 Å². The van der Waals surface area contributed by atoms with Crippen LogP contribution in [0.3, 0.4) is 0 Å². The molecule has 5 heavy (non-hydrogen) atoms. The Labute approximate surface area is 45.5 Å². The van der Waals surface area contributed by atoms with Crippen molar-refractivity contribution in [3.8, 4) is 0 Å². The van der Waals surface area contributed by atoms with Gasteiger partial charge in [0.25, 0.3) is 0 Å². The molecule has 0 saturated heterocycles. The van der Waals surface area contributed by atoms with Crippen LogP contribution in [0.1, 0.15) is 0 Å². The first kappa shape index (κ1) is 17.5. The third-order valence-electron chi connectivity index (χ3n) is 0. The molecule has 0 amide bonds. The van der Waals surface area contributed by atoms with Gasteiger partial charge in [-0.15, -0.1) is 0 Å². The second kappa shape index (κ2) is 166. The van der Waals surface area contributed by atoms with Crippen LogP contribution in [-0.2, 0) is 45.0 Å². The molecule has 0 fully saturated rings. The summed E-state index contributed by atoms with van der Waals surface area (Å²) in [6, 6.07) is 0. The first-order valence-electron chi connectivity index (χ1n) is 0.289. The van der Waals surface area contributed by atoms with Crippen LogP contribution in [0.5, 0.6) is 0 Å². The average molecular weight is 160 g/mol. The third kappa shape index (κ3) is 86.6. The maximum atomic E-state index is 8.00. The average Bonchev–Trinajstić information content (AvgIpc) is 1.50. The molecule has 0 aromatic heterocycles. The molecule has 0 radical (unpaired) electrons. The van der Waals surface area contributed by atoms with E-state index in [9.17, 15) is 0 Å². The monoisotopic (exact) mass is 160 g/mol. The summed E-state index contributed by atoms with van der Waals surface area (Å²) in [6.07, 6.45) is 0. The molecule has 0 atom stereocenters. The van der Waals surface area contributed by atoms with Crippen LogP contribution in [-0.4, -0.2) is 0 Å². The number of hydrogen-bond acceptors (Lipinski definition) is 2. The Morgan fingerprint density at radius 2 is 0.800 bits per heavy atom. The number of rotatable bonds is 0. The number of hydrogen-bond donors (Lipinski definition) is 0. The van der Waals surface area contributed by atoms with Gasteiger partial charge in [0.05, 0.1) is 0 Å². The van der Waals surface area contributed by atoms with Crippen molar-refractivity contribution in [2.75, 3.05) is 0 Å². The fraction of sp³-hybridized carbons (Fsp3) is 0. The van der Waals surface area contributed by atoms with Crippen LogP contribution in [0.25, 0.3) is 0 Å². The van der Waals surface area contributed by atoms with Gasteiger partial charge in [-0.3, -0.25) is 0 Å². The summed E-state index contributed by atoms with van der Waals surface area (Å²) in [7, 11) is 0. The van der Waals surface area contributed by atoms with E-state index >= 15 is 0 Å². The van der Waals surface area contributed by atoms with Crippen LogP contribution < -0.4 is 0 Å². The molecule has 0 aliphatic carbocycles. The van der Waals surface area contributed by atoms with Crippen LogP contribution in [0.2, 0.25) is 0 Å². The molecule has 0 aromatic carbocycles. The summed E-state index contributed by atoms with van der Waals surface area (Å²) in [5.74, 6) is 0. The third-order valence-corrected chi connectivity index (χ3v) is 0. The molecule has 3 nitrogen and oxygen atoms in total. The quantitative estimate of drug-likeness (QED) is 0.453. The zero-order chi connectivity index (χ0) is 4.00. The molecule has 0 bridgehead atoms. The van der Waals surface area contributed by atoms with E-state index in [2.05, 4.69) is 0 Å². The normalized spacial score (nSPS) is 1.60. The second-order valence-electron chi connectivity index (χ2n) is 0. The van der Waals surface area contributed by atoms with E-state index in [1.54, 1.807) is 0 Å². The van der Waals surface area contributed by atoms with Gasteiger partial charge < -0.3 is 5.48 Å². The van der Waals surface area contributed by atoms with Gasteiger partial charge >= 0.3 is 39.6 Å². The van der Waals surface area contributed by atoms with E-state index in [0.29, 0.717) is 0 Å². The van der Waals surface area contributed by atoms with E-state index in [1.807, 2.05) is 31.9 Å². The molecular formula is Fe2O3. The predicted molar refractivity (Wildman–Crippen MR) is 2.06 cm³/mol. The van der Waals surface area contributed by atoms with Gasteiger partial charge in [0.2, 0.25) is 0 Å². The summed E-state index contributed by atoms with van der Waals surface area (Å²) in [5, 5.41) is 0. The van der Waals surface area contributed by atoms with Crippen molar-refractivity contribution in [1.29, 1.82) is 0 Å². The van der Waals surface area contributed by atoms with Crippen molar-refractivity contribution >= 4 is 0 Å². The Morgan fingerprint density at radius 1 is 0.800 bits per heavy atom. The molecule has 5 heteroatoms. The summed E-state index contributed by atoms with van der Waals surface area (Å²) in [5.41, 5.74) is 0. The van der Waals surface area contributed by atoms with Gasteiger partial charge in [0.15, 0.2) is 0 Å². The molecule has 0 rings (SSSR count). The molecule has 0 aliphatic heterocycles. The van der Waals surface area contributed by atoms with Crippen molar-refractivity contribution in [3.05, 3.63) is 0 Å². The molecule has 0 saturated carbocycles. The summed E-state index contributed by atoms with van der Waals surface area (Å²) in [6.45, 7) is 0. The Hall–Kier alpha value is 0.599. The molecule has 0 N–H and O–H groups in total. The van der Waals surface area contributed by atoms with Gasteiger partial charge in [-0.2, -0.15) is 0 Å². The van der Waals surface area contributed by atoms with Gasteiger partial charge in [-0.1, -0.05) is 0 Å². The van der Waals surface area contributed by atoms with E-state index in [0.717, 1.165) is 0 Å². The van der Waals surface area contributed by atoms with Gasteiger partial charge in [-0.05, 0) is 0 Å². The van der Waals surface area contributed by atoms with E-state index in [4.69, 9.17) is 7.67 Å². The zero-order valence-corrected chi connectivity index (χ0v) is 4.14. The summed E-state index contributed by atoms with van der Waals surface area (Å²) < 4.78 is 16.0. The van der Waals surface area contributed by atoms with Gasteiger partial charge in [-0.25, -0.2) is 0 Å². The van der Waals surface area contributed by atoms with Crippen molar-refractivity contribution in [3.63, 3.8) is 0 Å². The maximum absolute atomic E-state index is 8.00. The molecule has 34 valence electrons. The van der Waals surface area contributed by atoms with Crippen molar-refractivity contribution in [2.24, 2.45) is 0 Å². The zero-order valence-electron chi connectivity index (χ0n) is 1.93. The molecule has 0 spiro atoms. The van der Waals surface area contributed by atoms with Crippen LogP contribution in [0, 0.1) is 0 Å². The Morgan fingerprint density at radius 3 is 0.800 bits per heavy atom. The van der Waals surface area contributed by atoms with Gasteiger partial charge in [0.1, 0.15) is 0 Å². The SMILES string of the molecule is [O-2].[O]=[Fe+].[O]=[Fe+]. The molecule has 0 aliphatic rings. The van der Waals surface area contributed by atoms with Crippen LogP contribution in [0.15, 0.2) is 0 Å². The molecule has 0 heterocycles. The van der Waals surface area contributed by atoms with Crippen molar-refractivity contribution in [1.82, 2.24) is 0 Å².